The van der Waals surface area contributed by atoms with Crippen molar-refractivity contribution in [3.8, 4) is 0 Å². The zero-order valence-electron chi connectivity index (χ0n) is 8.74. The minimum absolute atomic E-state index is 0.241. The highest BCUT2D eigenvalue weighted by molar-refractivity contribution is 5.81. The largest absolute Gasteiger partial charge is 0.396 e. The van der Waals surface area contributed by atoms with E-state index in [4.69, 9.17) is 10.8 Å². The van der Waals surface area contributed by atoms with Crippen molar-refractivity contribution in [1.82, 2.24) is 19.5 Å². The molecular formula is C10H13N5O. The monoisotopic (exact) mass is 219 g/mol. The first-order chi connectivity index (χ1) is 7.81. The van der Waals surface area contributed by atoms with E-state index >= 15 is 0 Å². The summed E-state index contributed by atoms with van der Waals surface area (Å²) in [5.74, 6) is 0.960. The van der Waals surface area contributed by atoms with E-state index in [0.717, 1.165) is 18.5 Å². The van der Waals surface area contributed by atoms with Crippen LogP contribution in [0, 0.1) is 5.92 Å². The number of aromatic nitrogens is 4. The summed E-state index contributed by atoms with van der Waals surface area (Å²) in [5.41, 5.74) is 7.17. The minimum atomic E-state index is 0.241. The number of hydrogen-bond acceptors (Lipinski definition) is 5. The van der Waals surface area contributed by atoms with Crippen LogP contribution in [0.1, 0.15) is 18.9 Å². The Labute approximate surface area is 92.1 Å². The molecule has 84 valence electrons. The Kier molecular flexibility index (Phi) is 2.03. The lowest BCUT2D eigenvalue weighted by Crippen LogP contribution is -1.99. The number of nitrogens with two attached hydrogens (primary N) is 1. The van der Waals surface area contributed by atoms with Gasteiger partial charge in [-0.1, -0.05) is 0 Å². The van der Waals surface area contributed by atoms with Crippen molar-refractivity contribution in [1.29, 1.82) is 0 Å². The average Bonchev–Trinajstić information content (AvgIpc) is 2.89. The molecule has 0 radical (unpaired) electrons. The van der Waals surface area contributed by atoms with Crippen molar-refractivity contribution in [3.63, 3.8) is 0 Å². The van der Waals surface area contributed by atoms with Crippen LogP contribution in [0.25, 0.3) is 11.2 Å². The van der Waals surface area contributed by atoms with Crippen LogP contribution in [0.15, 0.2) is 12.7 Å². The van der Waals surface area contributed by atoms with Crippen molar-refractivity contribution in [2.75, 3.05) is 12.3 Å². The Balaban J connectivity index is 1.97. The van der Waals surface area contributed by atoms with Crippen LogP contribution in [0.4, 0.5) is 5.82 Å². The second-order valence-electron chi connectivity index (χ2n) is 4.16. The third-order valence-electron chi connectivity index (χ3n) is 3.13. The molecule has 2 aromatic rings. The van der Waals surface area contributed by atoms with Gasteiger partial charge in [0.25, 0.3) is 0 Å². The summed E-state index contributed by atoms with van der Waals surface area (Å²) in [5, 5.41) is 8.88. The van der Waals surface area contributed by atoms with Gasteiger partial charge < -0.3 is 15.4 Å². The number of imidazole rings is 1. The van der Waals surface area contributed by atoms with Crippen molar-refractivity contribution in [2.45, 2.75) is 18.9 Å². The first-order valence-corrected chi connectivity index (χ1v) is 5.35. The molecule has 0 spiro atoms. The van der Waals surface area contributed by atoms with E-state index in [-0.39, 0.29) is 6.61 Å². The Bertz CT molecular complexity index is 523. The SMILES string of the molecule is Nc1ncnc2c1ncn2[C@@H]1C[C@@H]1CCO. The molecule has 16 heavy (non-hydrogen) atoms. The molecule has 2 heterocycles. The Morgan fingerprint density at radius 1 is 1.44 bits per heavy atom. The van der Waals surface area contributed by atoms with Gasteiger partial charge in [0.1, 0.15) is 11.8 Å². The van der Waals surface area contributed by atoms with Crippen LogP contribution >= 0.6 is 0 Å². The molecule has 3 rings (SSSR count). The molecule has 0 amide bonds. The quantitative estimate of drug-likeness (QED) is 0.777. The van der Waals surface area contributed by atoms with Crippen LogP contribution in [0.2, 0.25) is 0 Å². The van der Waals surface area contributed by atoms with Gasteiger partial charge in [-0.3, -0.25) is 0 Å². The molecule has 1 aliphatic rings. The topological polar surface area (TPSA) is 89.9 Å². The zero-order valence-corrected chi connectivity index (χ0v) is 8.74. The van der Waals surface area contributed by atoms with Crippen LogP contribution in [-0.2, 0) is 0 Å². The molecule has 3 N–H and O–H groups in total. The fourth-order valence-corrected chi connectivity index (χ4v) is 2.16. The van der Waals surface area contributed by atoms with Crippen LogP contribution < -0.4 is 5.73 Å². The van der Waals surface area contributed by atoms with Crippen molar-refractivity contribution in [3.05, 3.63) is 12.7 Å². The third kappa shape index (κ3) is 1.34. The minimum Gasteiger partial charge on any atom is -0.396 e. The predicted octanol–water partition coefficient (Wildman–Crippen LogP) is 0.352. The maximum absolute atomic E-state index is 8.88. The van der Waals surface area contributed by atoms with E-state index in [1.165, 1.54) is 6.33 Å². The summed E-state index contributed by atoms with van der Waals surface area (Å²) < 4.78 is 2.04. The molecule has 0 aliphatic heterocycles. The lowest BCUT2D eigenvalue weighted by molar-refractivity contribution is 0.277. The molecule has 0 bridgehead atoms. The molecule has 1 aliphatic carbocycles. The molecule has 0 aromatic carbocycles. The summed E-state index contributed by atoms with van der Waals surface area (Å²) in [6.07, 6.45) is 5.14. The second-order valence-corrected chi connectivity index (χ2v) is 4.16. The molecule has 2 atom stereocenters. The van der Waals surface area contributed by atoms with Gasteiger partial charge >= 0.3 is 0 Å². The summed E-state index contributed by atoms with van der Waals surface area (Å²) in [6.45, 7) is 0.241. The zero-order chi connectivity index (χ0) is 11.1. The number of hydrogen-bond donors (Lipinski definition) is 2. The molecule has 0 unspecified atom stereocenters. The fourth-order valence-electron chi connectivity index (χ4n) is 2.16. The molecule has 1 saturated carbocycles. The first-order valence-electron chi connectivity index (χ1n) is 5.35. The lowest BCUT2D eigenvalue weighted by atomic mass is 10.3. The van der Waals surface area contributed by atoms with E-state index in [2.05, 4.69) is 15.0 Å². The number of aliphatic hydroxyl groups is 1. The summed E-state index contributed by atoms with van der Waals surface area (Å²) in [7, 11) is 0. The van der Waals surface area contributed by atoms with Gasteiger partial charge in [0.05, 0.1) is 6.33 Å². The molecule has 1 fully saturated rings. The van der Waals surface area contributed by atoms with Crippen LogP contribution in [-0.4, -0.2) is 31.2 Å². The Morgan fingerprint density at radius 2 is 2.31 bits per heavy atom. The van der Waals surface area contributed by atoms with Crippen LogP contribution in [0.5, 0.6) is 0 Å². The summed E-state index contributed by atoms with van der Waals surface area (Å²) >= 11 is 0. The van der Waals surface area contributed by atoms with Crippen molar-refractivity contribution >= 4 is 17.0 Å². The number of nitrogen functional groups attached to an aromatic ring is 1. The van der Waals surface area contributed by atoms with Gasteiger partial charge in [0.15, 0.2) is 11.5 Å². The Morgan fingerprint density at radius 3 is 3.12 bits per heavy atom. The highest BCUT2D eigenvalue weighted by Gasteiger charge is 2.38. The van der Waals surface area contributed by atoms with Gasteiger partial charge in [-0.2, -0.15) is 0 Å². The molecule has 6 nitrogen and oxygen atoms in total. The summed E-state index contributed by atoms with van der Waals surface area (Å²) in [6, 6.07) is 0.409. The first kappa shape index (κ1) is 9.53. The number of fused-ring (bicyclic) bond motifs is 1. The van der Waals surface area contributed by atoms with Crippen molar-refractivity contribution in [2.24, 2.45) is 5.92 Å². The van der Waals surface area contributed by atoms with E-state index in [0.29, 0.717) is 23.3 Å². The average molecular weight is 219 g/mol. The molecule has 0 saturated heterocycles. The fraction of sp³-hybridized carbons (Fsp3) is 0.500. The third-order valence-corrected chi connectivity index (χ3v) is 3.13. The number of rotatable bonds is 3. The maximum atomic E-state index is 8.88. The van der Waals surface area contributed by atoms with Gasteiger partial charge in [0, 0.05) is 12.6 Å². The smallest absolute Gasteiger partial charge is 0.165 e. The van der Waals surface area contributed by atoms with Crippen LogP contribution in [0.3, 0.4) is 0 Å². The number of nitrogens with zero attached hydrogens (tertiary/aromatic N) is 4. The van der Waals surface area contributed by atoms with E-state index < -0.39 is 0 Å². The predicted molar refractivity (Wildman–Crippen MR) is 58.6 cm³/mol. The van der Waals surface area contributed by atoms with Gasteiger partial charge in [-0.25, -0.2) is 15.0 Å². The normalized spacial score (nSPS) is 23.8. The van der Waals surface area contributed by atoms with E-state index in [1.807, 2.05) is 4.57 Å². The number of aliphatic hydroxyl groups excluding tert-OH is 1. The van der Waals surface area contributed by atoms with Gasteiger partial charge in [0.2, 0.25) is 0 Å². The molecule has 6 heteroatoms. The number of anilines is 1. The second kappa shape index (κ2) is 3.41. The molecular weight excluding hydrogens is 206 g/mol. The molecule has 2 aromatic heterocycles. The Hall–Kier alpha value is -1.69. The van der Waals surface area contributed by atoms with Gasteiger partial charge in [-0.15, -0.1) is 0 Å². The highest BCUT2D eigenvalue weighted by atomic mass is 16.3. The van der Waals surface area contributed by atoms with E-state index in [9.17, 15) is 0 Å². The van der Waals surface area contributed by atoms with E-state index in [1.54, 1.807) is 6.33 Å². The van der Waals surface area contributed by atoms with Crippen molar-refractivity contribution < 1.29 is 5.11 Å². The standard InChI is InChI=1S/C10H13N5O/c11-9-8-10(13-4-12-9)15(5-14-8)7-3-6(7)1-2-16/h4-7,16H,1-3H2,(H2,11,12,13)/t6-,7+/m0/s1. The lowest BCUT2D eigenvalue weighted by Gasteiger charge is -2.01. The maximum Gasteiger partial charge on any atom is 0.165 e. The van der Waals surface area contributed by atoms with Gasteiger partial charge in [-0.05, 0) is 18.8 Å². The summed E-state index contributed by atoms with van der Waals surface area (Å²) in [4.78, 5) is 12.3. The highest BCUT2D eigenvalue weighted by Crippen LogP contribution is 2.46.